The maximum atomic E-state index is 9.23. The van der Waals surface area contributed by atoms with Crippen molar-refractivity contribution in [1.29, 1.82) is 0 Å². The van der Waals surface area contributed by atoms with Crippen LogP contribution in [-0.2, 0) is 0 Å². The molecule has 0 spiro atoms. The summed E-state index contributed by atoms with van der Waals surface area (Å²) < 4.78 is 0.978. The zero-order valence-corrected chi connectivity index (χ0v) is 11.5. The van der Waals surface area contributed by atoms with Crippen LogP contribution < -0.4 is 5.73 Å². The average Bonchev–Trinajstić information content (AvgIpc) is 2.25. The van der Waals surface area contributed by atoms with Gasteiger partial charge < -0.3 is 15.9 Å². The first-order valence-corrected chi connectivity index (χ1v) is 6.79. The van der Waals surface area contributed by atoms with Crippen molar-refractivity contribution >= 4 is 27.7 Å². The second kappa shape index (κ2) is 6.61. The van der Waals surface area contributed by atoms with Crippen molar-refractivity contribution in [2.24, 2.45) is 5.73 Å². The topological polar surface area (TPSA) is 66.5 Å². The van der Waals surface area contributed by atoms with Crippen LogP contribution in [0.5, 0.6) is 0 Å². The fourth-order valence-electron chi connectivity index (χ4n) is 1.21. The molecule has 3 nitrogen and oxygen atoms in total. The molecule has 0 bridgehead atoms. The number of thioether (sulfide) groups is 1. The first-order chi connectivity index (χ1) is 7.54. The largest absolute Gasteiger partial charge is 0.394 e. The van der Waals surface area contributed by atoms with E-state index in [1.165, 1.54) is 11.8 Å². The zero-order valence-electron chi connectivity index (χ0n) is 9.06. The third-order valence-electron chi connectivity index (χ3n) is 2.12. The smallest absolute Gasteiger partial charge is 0.0864 e. The standard InChI is InChI=1S/C11H16BrNO2S/c1-7(13)10-3-2-9(4-11(10)12)16-6-8(15)5-14/h2-4,7-8,14-15H,5-6,13H2,1H3. The molecule has 0 amide bonds. The third-order valence-corrected chi connectivity index (χ3v) is 3.94. The molecule has 4 N–H and O–H groups in total. The fraction of sp³-hybridized carbons (Fsp3) is 0.455. The quantitative estimate of drug-likeness (QED) is 0.727. The lowest BCUT2D eigenvalue weighted by molar-refractivity contribution is 0.113. The highest BCUT2D eigenvalue weighted by molar-refractivity contribution is 9.10. The Morgan fingerprint density at radius 2 is 2.19 bits per heavy atom. The zero-order chi connectivity index (χ0) is 12.1. The SMILES string of the molecule is CC(N)c1ccc(SCC(O)CO)cc1Br. The van der Waals surface area contributed by atoms with Gasteiger partial charge in [0.25, 0.3) is 0 Å². The number of halogens is 1. The molecule has 1 aromatic carbocycles. The van der Waals surface area contributed by atoms with Gasteiger partial charge in [-0.1, -0.05) is 22.0 Å². The predicted octanol–water partition coefficient (Wildman–Crippen LogP) is 1.91. The molecule has 0 radical (unpaired) electrons. The van der Waals surface area contributed by atoms with Crippen LogP contribution in [0.1, 0.15) is 18.5 Å². The van der Waals surface area contributed by atoms with Gasteiger partial charge in [0.1, 0.15) is 0 Å². The number of rotatable bonds is 5. The van der Waals surface area contributed by atoms with Crippen LogP contribution in [-0.4, -0.2) is 28.7 Å². The number of hydrogen-bond acceptors (Lipinski definition) is 4. The van der Waals surface area contributed by atoms with E-state index in [9.17, 15) is 5.11 Å². The minimum atomic E-state index is -0.670. The molecule has 2 unspecified atom stereocenters. The molecule has 0 aliphatic carbocycles. The van der Waals surface area contributed by atoms with E-state index in [-0.39, 0.29) is 12.6 Å². The lowest BCUT2D eigenvalue weighted by Crippen LogP contribution is -2.14. The van der Waals surface area contributed by atoms with Crippen molar-refractivity contribution in [3.05, 3.63) is 28.2 Å². The van der Waals surface area contributed by atoms with Crippen LogP contribution in [0.2, 0.25) is 0 Å². The Kier molecular flexibility index (Phi) is 5.78. The highest BCUT2D eigenvalue weighted by atomic mass is 79.9. The molecule has 0 saturated heterocycles. The van der Waals surface area contributed by atoms with E-state index in [1.807, 2.05) is 25.1 Å². The van der Waals surface area contributed by atoms with Crippen LogP contribution in [0.4, 0.5) is 0 Å². The Morgan fingerprint density at radius 3 is 2.69 bits per heavy atom. The average molecular weight is 306 g/mol. The second-order valence-corrected chi connectivity index (χ2v) is 5.57. The van der Waals surface area contributed by atoms with E-state index in [1.54, 1.807) is 0 Å². The minimum absolute atomic E-state index is 0.00328. The van der Waals surface area contributed by atoms with E-state index < -0.39 is 6.10 Å². The maximum absolute atomic E-state index is 9.23. The van der Waals surface area contributed by atoms with Gasteiger partial charge in [0.15, 0.2) is 0 Å². The Hall–Kier alpha value is -0.0700. The van der Waals surface area contributed by atoms with Crippen molar-refractivity contribution in [3.8, 4) is 0 Å². The van der Waals surface area contributed by atoms with Crippen molar-refractivity contribution in [1.82, 2.24) is 0 Å². The molecule has 16 heavy (non-hydrogen) atoms. The Balaban J connectivity index is 2.66. The van der Waals surface area contributed by atoms with Crippen LogP contribution in [0.25, 0.3) is 0 Å². The lowest BCUT2D eigenvalue weighted by Gasteiger charge is -2.11. The summed E-state index contributed by atoms with van der Waals surface area (Å²) in [5, 5.41) is 17.9. The Bertz CT molecular complexity index is 347. The van der Waals surface area contributed by atoms with Crippen molar-refractivity contribution in [2.75, 3.05) is 12.4 Å². The monoisotopic (exact) mass is 305 g/mol. The van der Waals surface area contributed by atoms with E-state index in [0.29, 0.717) is 5.75 Å². The normalized spacial score (nSPS) is 14.8. The summed E-state index contributed by atoms with van der Waals surface area (Å²) in [4.78, 5) is 1.05. The van der Waals surface area contributed by atoms with Crippen molar-refractivity contribution < 1.29 is 10.2 Å². The van der Waals surface area contributed by atoms with Gasteiger partial charge in [0.05, 0.1) is 12.7 Å². The molecule has 0 aromatic heterocycles. The van der Waals surface area contributed by atoms with Crippen LogP contribution in [0, 0.1) is 0 Å². The van der Waals surface area contributed by atoms with Crippen LogP contribution in [0.3, 0.4) is 0 Å². The summed E-state index contributed by atoms with van der Waals surface area (Å²) in [6.07, 6.45) is -0.670. The van der Waals surface area contributed by atoms with Crippen molar-refractivity contribution in [3.63, 3.8) is 0 Å². The van der Waals surface area contributed by atoms with Gasteiger partial charge in [-0.2, -0.15) is 0 Å². The van der Waals surface area contributed by atoms with Gasteiger partial charge in [0.2, 0.25) is 0 Å². The van der Waals surface area contributed by atoms with E-state index >= 15 is 0 Å². The van der Waals surface area contributed by atoms with Gasteiger partial charge >= 0.3 is 0 Å². The molecule has 2 atom stereocenters. The van der Waals surface area contributed by atoms with Gasteiger partial charge in [-0.25, -0.2) is 0 Å². The molecule has 90 valence electrons. The van der Waals surface area contributed by atoms with E-state index in [2.05, 4.69) is 15.9 Å². The number of nitrogens with two attached hydrogens (primary N) is 1. The molecule has 1 aromatic rings. The first-order valence-electron chi connectivity index (χ1n) is 5.01. The molecule has 0 aliphatic rings. The number of aliphatic hydroxyl groups excluding tert-OH is 2. The van der Waals surface area contributed by atoms with Gasteiger partial charge in [0, 0.05) is 21.2 Å². The summed E-state index contributed by atoms with van der Waals surface area (Å²) in [5.74, 6) is 0.487. The molecule has 0 saturated carbocycles. The number of aliphatic hydroxyl groups is 2. The van der Waals surface area contributed by atoms with E-state index in [0.717, 1.165) is 14.9 Å². The summed E-state index contributed by atoms with van der Waals surface area (Å²) >= 11 is 4.97. The molecule has 1 rings (SSSR count). The molecule has 0 aliphatic heterocycles. The molecule has 0 heterocycles. The number of benzene rings is 1. The number of hydrogen-bond donors (Lipinski definition) is 3. The van der Waals surface area contributed by atoms with Crippen LogP contribution in [0.15, 0.2) is 27.6 Å². The Morgan fingerprint density at radius 1 is 1.50 bits per heavy atom. The fourth-order valence-corrected chi connectivity index (χ4v) is 2.96. The van der Waals surface area contributed by atoms with Gasteiger partial charge in [-0.3, -0.25) is 0 Å². The second-order valence-electron chi connectivity index (χ2n) is 3.62. The molecule has 0 fully saturated rings. The van der Waals surface area contributed by atoms with Gasteiger partial charge in [-0.15, -0.1) is 11.8 Å². The first kappa shape index (κ1) is 14.0. The summed E-state index contributed by atoms with van der Waals surface area (Å²) in [5.41, 5.74) is 6.86. The molecular formula is C11H16BrNO2S. The van der Waals surface area contributed by atoms with Crippen molar-refractivity contribution in [2.45, 2.75) is 24.0 Å². The Labute approximate surface area is 108 Å². The summed E-state index contributed by atoms with van der Waals surface area (Å²) in [6, 6.07) is 5.92. The van der Waals surface area contributed by atoms with E-state index in [4.69, 9.17) is 10.8 Å². The minimum Gasteiger partial charge on any atom is -0.394 e. The third kappa shape index (κ3) is 4.07. The van der Waals surface area contributed by atoms with Crippen LogP contribution >= 0.6 is 27.7 Å². The highest BCUT2D eigenvalue weighted by Gasteiger charge is 2.07. The van der Waals surface area contributed by atoms with Gasteiger partial charge in [-0.05, 0) is 24.6 Å². The molecule has 5 heteroatoms. The lowest BCUT2D eigenvalue weighted by atomic mass is 10.1. The molecular weight excluding hydrogens is 290 g/mol. The maximum Gasteiger partial charge on any atom is 0.0864 e. The summed E-state index contributed by atoms with van der Waals surface area (Å²) in [7, 11) is 0. The highest BCUT2D eigenvalue weighted by Crippen LogP contribution is 2.28. The summed E-state index contributed by atoms with van der Waals surface area (Å²) in [6.45, 7) is 1.73. The predicted molar refractivity (Wildman–Crippen MR) is 70.6 cm³/mol.